The van der Waals surface area contributed by atoms with Crippen LogP contribution in [0.15, 0.2) is 24.3 Å². The number of ether oxygens (including phenoxy) is 2. The Bertz CT molecular complexity index is 392. The highest BCUT2D eigenvalue weighted by molar-refractivity contribution is 4.92. The van der Waals surface area contributed by atoms with Crippen LogP contribution in [0.4, 0.5) is 0 Å². The summed E-state index contributed by atoms with van der Waals surface area (Å²) >= 11 is 0. The van der Waals surface area contributed by atoms with Crippen LogP contribution in [0.2, 0.25) is 0 Å². The third kappa shape index (κ3) is 15.3. The Morgan fingerprint density at radius 1 is 0.786 bits per heavy atom. The second-order valence-corrected chi connectivity index (χ2v) is 8.49. The molecule has 0 spiro atoms. The van der Waals surface area contributed by atoms with E-state index in [2.05, 4.69) is 50.2 Å². The van der Waals surface area contributed by atoms with Crippen molar-refractivity contribution in [3.63, 3.8) is 0 Å². The normalized spacial score (nSPS) is 20.3. The van der Waals surface area contributed by atoms with E-state index in [9.17, 15) is 0 Å². The van der Waals surface area contributed by atoms with Crippen LogP contribution in [0.3, 0.4) is 0 Å². The molecule has 3 heteroatoms. The molecule has 0 aromatic rings. The predicted octanol–water partition coefficient (Wildman–Crippen LogP) is 6.88. The van der Waals surface area contributed by atoms with Gasteiger partial charge in [0.25, 0.3) is 0 Å². The van der Waals surface area contributed by atoms with Crippen molar-refractivity contribution >= 4 is 0 Å². The van der Waals surface area contributed by atoms with Crippen molar-refractivity contribution in [3.05, 3.63) is 24.3 Å². The molecule has 0 radical (unpaired) electrons. The van der Waals surface area contributed by atoms with E-state index in [1.165, 1.54) is 70.6 Å². The lowest BCUT2D eigenvalue weighted by molar-refractivity contribution is -0.0646. The Labute approximate surface area is 175 Å². The van der Waals surface area contributed by atoms with Gasteiger partial charge in [0.15, 0.2) is 6.29 Å². The summed E-state index contributed by atoms with van der Waals surface area (Å²) in [5, 5.41) is 0. The zero-order valence-corrected chi connectivity index (χ0v) is 19.0. The van der Waals surface area contributed by atoms with Gasteiger partial charge in [-0.25, -0.2) is 0 Å². The molecule has 2 unspecified atom stereocenters. The van der Waals surface area contributed by atoms with Gasteiger partial charge < -0.3 is 14.4 Å². The summed E-state index contributed by atoms with van der Waals surface area (Å²) in [5.74, 6) is 0. The zero-order chi connectivity index (χ0) is 20.3. The third-order valence-corrected chi connectivity index (χ3v) is 5.35. The fraction of sp³-hybridized carbons (Fsp3) is 0.840. The number of allylic oxidation sites excluding steroid dienone is 4. The van der Waals surface area contributed by atoms with Gasteiger partial charge in [-0.05, 0) is 65.5 Å². The number of hydrogen-bond acceptors (Lipinski definition) is 3. The van der Waals surface area contributed by atoms with E-state index in [0.717, 1.165) is 32.4 Å². The van der Waals surface area contributed by atoms with Gasteiger partial charge in [0, 0.05) is 6.54 Å². The van der Waals surface area contributed by atoms with Crippen molar-refractivity contribution in [2.24, 2.45) is 0 Å². The maximum Gasteiger partial charge on any atom is 0.158 e. The summed E-state index contributed by atoms with van der Waals surface area (Å²) in [5.41, 5.74) is 0. The Balaban J connectivity index is 1.81. The monoisotopic (exact) mass is 393 g/mol. The van der Waals surface area contributed by atoms with Crippen molar-refractivity contribution < 1.29 is 9.47 Å². The summed E-state index contributed by atoms with van der Waals surface area (Å²) in [6.45, 7) is 4.11. The third-order valence-electron chi connectivity index (χ3n) is 5.35. The molecular formula is C25H47NO2. The van der Waals surface area contributed by atoms with Gasteiger partial charge in [-0.2, -0.15) is 0 Å². The molecule has 1 heterocycles. The van der Waals surface area contributed by atoms with Crippen LogP contribution < -0.4 is 0 Å². The predicted molar refractivity (Wildman–Crippen MR) is 122 cm³/mol. The molecule has 0 N–H and O–H groups in total. The fourth-order valence-electron chi connectivity index (χ4n) is 3.51. The lowest BCUT2D eigenvalue weighted by Crippen LogP contribution is -2.21. The van der Waals surface area contributed by atoms with Crippen molar-refractivity contribution in [2.45, 2.75) is 109 Å². The molecule has 0 bridgehead atoms. The summed E-state index contributed by atoms with van der Waals surface area (Å²) in [4.78, 5) is 2.21. The molecule has 1 fully saturated rings. The van der Waals surface area contributed by atoms with E-state index in [1.807, 2.05) is 0 Å². The van der Waals surface area contributed by atoms with Gasteiger partial charge in [-0.1, -0.05) is 69.8 Å². The molecule has 1 rings (SSSR count). The Morgan fingerprint density at radius 2 is 1.43 bits per heavy atom. The molecule has 0 aromatic heterocycles. The first-order valence-corrected chi connectivity index (χ1v) is 11.9. The lowest BCUT2D eigenvalue weighted by Gasteiger charge is -2.14. The Kier molecular flexibility index (Phi) is 16.7. The van der Waals surface area contributed by atoms with E-state index < -0.39 is 0 Å². The van der Waals surface area contributed by atoms with Gasteiger partial charge in [0.2, 0.25) is 0 Å². The van der Waals surface area contributed by atoms with Gasteiger partial charge in [-0.15, -0.1) is 0 Å². The fourth-order valence-corrected chi connectivity index (χ4v) is 3.51. The zero-order valence-electron chi connectivity index (χ0n) is 19.0. The minimum absolute atomic E-state index is 0.0537. The first kappa shape index (κ1) is 25.4. The summed E-state index contributed by atoms with van der Waals surface area (Å²) < 4.78 is 11.7. The quantitative estimate of drug-likeness (QED) is 0.187. The van der Waals surface area contributed by atoms with Gasteiger partial charge >= 0.3 is 0 Å². The molecule has 0 aromatic carbocycles. The average Bonchev–Trinajstić information content (AvgIpc) is 3.14. The molecular weight excluding hydrogens is 346 g/mol. The second-order valence-electron chi connectivity index (χ2n) is 8.49. The molecule has 164 valence electrons. The van der Waals surface area contributed by atoms with Crippen LogP contribution in [0, 0.1) is 0 Å². The molecule has 0 aliphatic carbocycles. The molecule has 28 heavy (non-hydrogen) atoms. The summed E-state index contributed by atoms with van der Waals surface area (Å²) in [7, 11) is 4.22. The minimum Gasteiger partial charge on any atom is -0.350 e. The highest BCUT2D eigenvalue weighted by Gasteiger charge is 2.25. The standard InChI is InChI=1S/C25H47NO2/c1-4-5-6-7-8-9-10-11-12-13-14-15-16-17-18-19-20-25-27-23-24(28-25)21-22-26(2)3/h8-9,11-12,24-25H,4-7,10,13-23H2,1-3H3/b9-8-,12-11-. The van der Waals surface area contributed by atoms with E-state index in [-0.39, 0.29) is 6.29 Å². The van der Waals surface area contributed by atoms with Crippen molar-refractivity contribution in [2.75, 3.05) is 27.2 Å². The van der Waals surface area contributed by atoms with Crippen molar-refractivity contribution in [3.8, 4) is 0 Å². The molecule has 0 amide bonds. The van der Waals surface area contributed by atoms with Crippen LogP contribution in [-0.2, 0) is 9.47 Å². The topological polar surface area (TPSA) is 21.7 Å². The van der Waals surface area contributed by atoms with Crippen LogP contribution in [-0.4, -0.2) is 44.5 Å². The highest BCUT2D eigenvalue weighted by atomic mass is 16.7. The summed E-state index contributed by atoms with van der Waals surface area (Å²) in [6.07, 6.45) is 27.4. The molecule has 1 saturated heterocycles. The first-order valence-electron chi connectivity index (χ1n) is 11.9. The Hall–Kier alpha value is -0.640. The number of rotatable bonds is 18. The highest BCUT2D eigenvalue weighted by Crippen LogP contribution is 2.20. The van der Waals surface area contributed by atoms with Gasteiger partial charge in [-0.3, -0.25) is 0 Å². The summed E-state index contributed by atoms with van der Waals surface area (Å²) in [6, 6.07) is 0. The maximum atomic E-state index is 5.97. The van der Waals surface area contributed by atoms with Crippen LogP contribution >= 0.6 is 0 Å². The largest absolute Gasteiger partial charge is 0.350 e. The SMILES string of the molecule is CCCCC/C=C\C/C=C\CCCCCCCCC1OCC(CCN(C)C)O1. The molecule has 0 saturated carbocycles. The number of nitrogens with zero attached hydrogens (tertiary/aromatic N) is 1. The van der Waals surface area contributed by atoms with Gasteiger partial charge in [0.1, 0.15) is 0 Å². The smallest absolute Gasteiger partial charge is 0.158 e. The number of hydrogen-bond donors (Lipinski definition) is 0. The van der Waals surface area contributed by atoms with Crippen LogP contribution in [0.1, 0.15) is 96.8 Å². The van der Waals surface area contributed by atoms with E-state index in [1.54, 1.807) is 0 Å². The molecule has 1 aliphatic rings. The molecule has 3 nitrogen and oxygen atoms in total. The maximum absolute atomic E-state index is 5.97. The molecule has 2 atom stereocenters. The van der Waals surface area contributed by atoms with Crippen LogP contribution in [0.5, 0.6) is 0 Å². The lowest BCUT2D eigenvalue weighted by atomic mass is 10.1. The van der Waals surface area contributed by atoms with E-state index in [0.29, 0.717) is 6.10 Å². The first-order chi connectivity index (χ1) is 13.7. The minimum atomic E-state index is 0.0537. The second kappa shape index (κ2) is 18.4. The van der Waals surface area contributed by atoms with Crippen LogP contribution in [0.25, 0.3) is 0 Å². The Morgan fingerprint density at radius 3 is 2.11 bits per heavy atom. The average molecular weight is 394 g/mol. The van der Waals surface area contributed by atoms with Gasteiger partial charge in [0.05, 0.1) is 12.7 Å². The molecule has 1 aliphatic heterocycles. The van der Waals surface area contributed by atoms with Crippen molar-refractivity contribution in [1.82, 2.24) is 4.90 Å². The van der Waals surface area contributed by atoms with Crippen molar-refractivity contribution in [1.29, 1.82) is 0 Å². The number of unbranched alkanes of at least 4 members (excludes halogenated alkanes) is 9. The van der Waals surface area contributed by atoms with E-state index in [4.69, 9.17) is 9.47 Å². The van der Waals surface area contributed by atoms with E-state index >= 15 is 0 Å².